The number of rotatable bonds is 5. The lowest BCUT2D eigenvalue weighted by Gasteiger charge is -2.27. The first-order chi connectivity index (χ1) is 11.7. The van der Waals surface area contributed by atoms with Crippen LogP contribution < -0.4 is 9.47 Å². The Balaban J connectivity index is 1.70. The molecule has 0 aromatic heterocycles. The van der Waals surface area contributed by atoms with Crippen LogP contribution in [0.5, 0.6) is 11.5 Å². The van der Waals surface area contributed by atoms with Crippen molar-refractivity contribution < 1.29 is 14.3 Å². The number of amides is 1. The number of carbonyl (C=O) groups excluding carboxylic acids is 1. The molecular formula is C19H21NO3S. The number of ether oxygens (including phenoxy) is 2. The second-order valence-electron chi connectivity index (χ2n) is 5.60. The molecule has 0 bridgehead atoms. The number of thioether (sulfide) groups is 1. The fraction of sp³-hybridized carbons (Fsp3) is 0.316. The molecule has 4 nitrogen and oxygen atoms in total. The highest BCUT2D eigenvalue weighted by molar-refractivity contribution is 7.99. The van der Waals surface area contributed by atoms with Crippen molar-refractivity contribution in [1.29, 1.82) is 0 Å². The summed E-state index contributed by atoms with van der Waals surface area (Å²) < 4.78 is 11.0. The summed E-state index contributed by atoms with van der Waals surface area (Å²) in [6.07, 6.45) is -0.508. The monoisotopic (exact) mass is 343 g/mol. The second-order valence-corrected chi connectivity index (χ2v) is 6.79. The van der Waals surface area contributed by atoms with Crippen molar-refractivity contribution in [2.24, 2.45) is 0 Å². The Morgan fingerprint density at radius 1 is 1.12 bits per heavy atom. The van der Waals surface area contributed by atoms with Crippen LogP contribution in [-0.2, 0) is 4.79 Å². The molecule has 24 heavy (non-hydrogen) atoms. The summed E-state index contributed by atoms with van der Waals surface area (Å²) in [7, 11) is 1.65. The molecule has 126 valence electrons. The maximum atomic E-state index is 12.8. The highest BCUT2D eigenvalue weighted by Crippen LogP contribution is 2.38. The number of benzene rings is 2. The van der Waals surface area contributed by atoms with Gasteiger partial charge in [-0.3, -0.25) is 4.79 Å². The standard InChI is InChI=1S/C19H21NO3S/c1-14(23-17-6-4-3-5-7-17)18(21)20-12-13-24-19(20)15-8-10-16(22-2)11-9-15/h3-11,14,19H,12-13H2,1-2H3. The van der Waals surface area contributed by atoms with Crippen molar-refractivity contribution in [1.82, 2.24) is 4.90 Å². The highest BCUT2D eigenvalue weighted by atomic mass is 32.2. The molecule has 1 fully saturated rings. The minimum atomic E-state index is -0.508. The average molecular weight is 343 g/mol. The van der Waals surface area contributed by atoms with Gasteiger partial charge in [0, 0.05) is 12.3 Å². The zero-order valence-electron chi connectivity index (χ0n) is 13.8. The number of para-hydroxylation sites is 1. The molecule has 3 rings (SSSR count). The van der Waals surface area contributed by atoms with Crippen LogP contribution in [-0.4, -0.2) is 36.3 Å². The van der Waals surface area contributed by atoms with E-state index >= 15 is 0 Å². The Hall–Kier alpha value is -2.14. The van der Waals surface area contributed by atoms with E-state index < -0.39 is 6.10 Å². The van der Waals surface area contributed by atoms with Crippen LogP contribution in [0, 0.1) is 0 Å². The van der Waals surface area contributed by atoms with Crippen LogP contribution in [0.4, 0.5) is 0 Å². The van der Waals surface area contributed by atoms with Crippen molar-refractivity contribution in [2.45, 2.75) is 18.4 Å². The number of carbonyl (C=O) groups is 1. The molecule has 2 aromatic carbocycles. The lowest BCUT2D eigenvalue weighted by molar-refractivity contribution is -0.138. The van der Waals surface area contributed by atoms with E-state index in [1.807, 2.05) is 66.4 Å². The van der Waals surface area contributed by atoms with Gasteiger partial charge in [0.1, 0.15) is 16.9 Å². The van der Waals surface area contributed by atoms with E-state index in [0.717, 1.165) is 23.6 Å². The Kier molecular flexibility index (Phi) is 5.30. The first-order valence-corrected chi connectivity index (χ1v) is 9.01. The van der Waals surface area contributed by atoms with Gasteiger partial charge in [-0.25, -0.2) is 0 Å². The maximum Gasteiger partial charge on any atom is 0.264 e. The van der Waals surface area contributed by atoms with Gasteiger partial charge in [-0.2, -0.15) is 0 Å². The Morgan fingerprint density at radius 2 is 1.83 bits per heavy atom. The zero-order valence-corrected chi connectivity index (χ0v) is 14.7. The topological polar surface area (TPSA) is 38.8 Å². The second kappa shape index (κ2) is 7.62. The lowest BCUT2D eigenvalue weighted by atomic mass is 10.2. The van der Waals surface area contributed by atoms with E-state index in [1.165, 1.54) is 0 Å². The van der Waals surface area contributed by atoms with Gasteiger partial charge in [-0.1, -0.05) is 30.3 Å². The summed E-state index contributed by atoms with van der Waals surface area (Å²) >= 11 is 1.78. The predicted molar refractivity (Wildman–Crippen MR) is 96.4 cm³/mol. The molecule has 0 radical (unpaired) electrons. The summed E-state index contributed by atoms with van der Waals surface area (Å²) in [5, 5.41) is 0.0326. The normalized spacial score (nSPS) is 18.2. The molecule has 1 saturated heterocycles. The summed E-state index contributed by atoms with van der Waals surface area (Å²) in [6, 6.07) is 17.4. The molecule has 2 unspecified atom stereocenters. The zero-order chi connectivity index (χ0) is 16.9. The van der Waals surface area contributed by atoms with E-state index in [9.17, 15) is 4.79 Å². The summed E-state index contributed by atoms with van der Waals surface area (Å²) in [5.41, 5.74) is 1.11. The first kappa shape index (κ1) is 16.7. The third-order valence-electron chi connectivity index (χ3n) is 3.98. The molecule has 0 aliphatic carbocycles. The van der Waals surface area contributed by atoms with Gasteiger partial charge in [0.15, 0.2) is 6.10 Å². The third-order valence-corrected chi connectivity index (χ3v) is 5.24. The van der Waals surface area contributed by atoms with Gasteiger partial charge in [-0.05, 0) is 36.8 Å². The average Bonchev–Trinajstić information content (AvgIpc) is 3.11. The van der Waals surface area contributed by atoms with Gasteiger partial charge < -0.3 is 14.4 Å². The molecule has 1 aliphatic heterocycles. The Morgan fingerprint density at radius 3 is 2.50 bits per heavy atom. The number of hydrogen-bond donors (Lipinski definition) is 0. The summed E-state index contributed by atoms with van der Waals surface area (Å²) in [6.45, 7) is 2.55. The van der Waals surface area contributed by atoms with E-state index in [4.69, 9.17) is 9.47 Å². The van der Waals surface area contributed by atoms with Crippen molar-refractivity contribution in [3.63, 3.8) is 0 Å². The molecule has 0 N–H and O–H groups in total. The van der Waals surface area contributed by atoms with E-state index in [1.54, 1.807) is 18.9 Å². The van der Waals surface area contributed by atoms with Crippen LogP contribution in [0.25, 0.3) is 0 Å². The minimum Gasteiger partial charge on any atom is -0.497 e. The van der Waals surface area contributed by atoms with Crippen molar-refractivity contribution in [3.05, 3.63) is 60.2 Å². The third kappa shape index (κ3) is 3.67. The molecule has 2 aromatic rings. The van der Waals surface area contributed by atoms with E-state index in [-0.39, 0.29) is 11.3 Å². The van der Waals surface area contributed by atoms with Gasteiger partial charge in [0.25, 0.3) is 5.91 Å². The SMILES string of the molecule is COc1ccc(C2SCCN2C(=O)C(C)Oc2ccccc2)cc1. The van der Waals surface area contributed by atoms with Crippen LogP contribution in [0.1, 0.15) is 17.9 Å². The van der Waals surface area contributed by atoms with Crippen LogP contribution >= 0.6 is 11.8 Å². The molecule has 5 heteroatoms. The predicted octanol–water partition coefficient (Wildman–Crippen LogP) is 3.74. The van der Waals surface area contributed by atoms with Crippen molar-refractivity contribution in [2.75, 3.05) is 19.4 Å². The largest absolute Gasteiger partial charge is 0.497 e. The maximum absolute atomic E-state index is 12.8. The fourth-order valence-corrected chi connectivity index (χ4v) is 3.99. The molecule has 1 amide bonds. The Bertz CT molecular complexity index is 675. The highest BCUT2D eigenvalue weighted by Gasteiger charge is 2.33. The van der Waals surface area contributed by atoms with Gasteiger partial charge in [0.05, 0.1) is 7.11 Å². The van der Waals surface area contributed by atoms with Gasteiger partial charge in [0.2, 0.25) is 0 Å². The smallest absolute Gasteiger partial charge is 0.264 e. The lowest BCUT2D eigenvalue weighted by Crippen LogP contribution is -2.40. The quantitative estimate of drug-likeness (QED) is 0.829. The molecule has 1 aliphatic rings. The number of hydrogen-bond acceptors (Lipinski definition) is 4. The van der Waals surface area contributed by atoms with Crippen molar-refractivity contribution >= 4 is 17.7 Å². The fourth-order valence-electron chi connectivity index (χ4n) is 2.73. The molecule has 1 heterocycles. The minimum absolute atomic E-state index is 0.0182. The Labute approximate surface area is 146 Å². The molecule has 0 spiro atoms. The molecular weight excluding hydrogens is 322 g/mol. The molecule has 0 saturated carbocycles. The molecule has 2 atom stereocenters. The number of nitrogens with zero attached hydrogens (tertiary/aromatic N) is 1. The van der Waals surface area contributed by atoms with Crippen LogP contribution in [0.15, 0.2) is 54.6 Å². The summed E-state index contributed by atoms with van der Waals surface area (Å²) in [4.78, 5) is 14.7. The van der Waals surface area contributed by atoms with E-state index in [0.29, 0.717) is 5.75 Å². The number of methoxy groups -OCH3 is 1. The van der Waals surface area contributed by atoms with Crippen LogP contribution in [0.3, 0.4) is 0 Å². The van der Waals surface area contributed by atoms with Crippen molar-refractivity contribution in [3.8, 4) is 11.5 Å². The van der Waals surface area contributed by atoms with Gasteiger partial charge >= 0.3 is 0 Å². The van der Waals surface area contributed by atoms with E-state index in [2.05, 4.69) is 0 Å². The van der Waals surface area contributed by atoms with Gasteiger partial charge in [-0.15, -0.1) is 11.8 Å². The first-order valence-electron chi connectivity index (χ1n) is 7.97. The van der Waals surface area contributed by atoms with Crippen LogP contribution in [0.2, 0.25) is 0 Å². The summed E-state index contributed by atoms with van der Waals surface area (Å²) in [5.74, 6) is 2.48.